The monoisotopic (exact) mass is 231 g/mol. The van der Waals surface area contributed by atoms with Crippen molar-refractivity contribution < 1.29 is 9.90 Å². The van der Waals surface area contributed by atoms with Gasteiger partial charge in [-0.25, -0.2) is 0 Å². The molecule has 1 aromatic heterocycles. The lowest BCUT2D eigenvalue weighted by molar-refractivity contribution is 0.0941. The zero-order chi connectivity index (χ0) is 12.3. The van der Waals surface area contributed by atoms with Crippen LogP contribution in [0, 0.1) is 0 Å². The number of nitrogens with zero attached hydrogens (tertiary/aromatic N) is 1. The average Bonchev–Trinajstić information content (AvgIpc) is 2.34. The number of fused-ring (bicyclic) bond motifs is 1. The van der Waals surface area contributed by atoms with Gasteiger partial charge in [-0.15, -0.1) is 0 Å². The van der Waals surface area contributed by atoms with Gasteiger partial charge in [-0.2, -0.15) is 0 Å². The maximum absolute atomic E-state index is 11.8. The van der Waals surface area contributed by atoms with Gasteiger partial charge in [-0.3, -0.25) is 9.78 Å². The van der Waals surface area contributed by atoms with Crippen LogP contribution in [-0.4, -0.2) is 29.1 Å². The van der Waals surface area contributed by atoms with Crippen molar-refractivity contribution in [3.05, 3.63) is 36.2 Å². The molecule has 2 rings (SSSR count). The van der Waals surface area contributed by atoms with Gasteiger partial charge in [0.05, 0.1) is 6.61 Å². The molecule has 5 heteroatoms. The number of nitrogen functional groups attached to an aromatic ring is 1. The second-order valence-electron chi connectivity index (χ2n) is 3.62. The number of nitrogens with two attached hydrogens (primary N) is 1. The number of benzene rings is 1. The van der Waals surface area contributed by atoms with Crippen molar-refractivity contribution in [2.75, 3.05) is 18.9 Å². The molecule has 0 aliphatic carbocycles. The fourth-order valence-electron chi connectivity index (χ4n) is 1.63. The van der Waals surface area contributed by atoms with E-state index in [1.54, 1.807) is 30.5 Å². The van der Waals surface area contributed by atoms with E-state index in [9.17, 15) is 4.79 Å². The lowest BCUT2D eigenvalue weighted by Crippen LogP contribution is -2.27. The highest BCUT2D eigenvalue weighted by atomic mass is 16.3. The molecule has 1 aromatic carbocycles. The second kappa shape index (κ2) is 4.80. The first-order chi connectivity index (χ1) is 8.22. The Labute approximate surface area is 98.3 Å². The fourth-order valence-corrected chi connectivity index (χ4v) is 1.63. The number of anilines is 1. The van der Waals surface area contributed by atoms with Gasteiger partial charge in [-0.05, 0) is 29.7 Å². The van der Waals surface area contributed by atoms with Gasteiger partial charge in [0.25, 0.3) is 5.91 Å². The predicted octanol–water partition coefficient (Wildman–Crippen LogP) is 0.539. The van der Waals surface area contributed by atoms with Crippen LogP contribution >= 0.6 is 0 Å². The van der Waals surface area contributed by atoms with E-state index in [2.05, 4.69) is 10.3 Å². The van der Waals surface area contributed by atoms with Crippen molar-refractivity contribution in [3.8, 4) is 0 Å². The van der Waals surface area contributed by atoms with Crippen LogP contribution in [0.4, 0.5) is 5.69 Å². The first-order valence-electron chi connectivity index (χ1n) is 5.25. The molecule has 0 spiro atoms. The molecule has 4 N–H and O–H groups in total. The Morgan fingerprint density at radius 1 is 1.41 bits per heavy atom. The van der Waals surface area contributed by atoms with Gasteiger partial charge in [0.1, 0.15) is 5.69 Å². The third-order valence-corrected chi connectivity index (χ3v) is 2.40. The topological polar surface area (TPSA) is 88.2 Å². The summed E-state index contributed by atoms with van der Waals surface area (Å²) >= 11 is 0. The normalized spacial score (nSPS) is 10.4. The van der Waals surface area contributed by atoms with Crippen molar-refractivity contribution in [2.24, 2.45) is 0 Å². The highest BCUT2D eigenvalue weighted by Gasteiger charge is 2.10. The van der Waals surface area contributed by atoms with Crippen LogP contribution in [0.2, 0.25) is 0 Å². The summed E-state index contributed by atoms with van der Waals surface area (Å²) in [4.78, 5) is 15.8. The molecule has 1 amide bonds. The molecular weight excluding hydrogens is 218 g/mol. The van der Waals surface area contributed by atoms with Crippen molar-refractivity contribution in [2.45, 2.75) is 0 Å². The number of carbonyl (C=O) groups is 1. The third kappa shape index (κ3) is 2.34. The minimum atomic E-state index is -0.297. The number of aromatic nitrogens is 1. The zero-order valence-electron chi connectivity index (χ0n) is 9.18. The molecule has 88 valence electrons. The molecule has 0 saturated heterocycles. The number of carbonyl (C=O) groups excluding carboxylic acids is 1. The maximum Gasteiger partial charge on any atom is 0.270 e. The first-order valence-corrected chi connectivity index (χ1v) is 5.25. The summed E-state index contributed by atoms with van der Waals surface area (Å²) in [6, 6.07) is 7.09. The van der Waals surface area contributed by atoms with E-state index in [1.165, 1.54) is 0 Å². The molecule has 0 fully saturated rings. The van der Waals surface area contributed by atoms with E-state index in [0.717, 1.165) is 10.8 Å². The first kappa shape index (κ1) is 11.3. The van der Waals surface area contributed by atoms with E-state index < -0.39 is 0 Å². The van der Waals surface area contributed by atoms with Gasteiger partial charge in [0.2, 0.25) is 0 Å². The molecule has 0 bridgehead atoms. The SMILES string of the molecule is Nc1ccc2c(C(=O)NCCO)nccc2c1. The number of hydrogen-bond donors (Lipinski definition) is 3. The molecule has 0 saturated carbocycles. The van der Waals surface area contributed by atoms with Crippen LogP contribution in [0.5, 0.6) is 0 Å². The predicted molar refractivity (Wildman–Crippen MR) is 65.6 cm³/mol. The number of pyridine rings is 1. The Morgan fingerprint density at radius 2 is 2.24 bits per heavy atom. The number of nitrogens with one attached hydrogen (secondary N) is 1. The highest BCUT2D eigenvalue weighted by molar-refractivity contribution is 6.05. The quantitative estimate of drug-likeness (QED) is 0.673. The van der Waals surface area contributed by atoms with Crippen molar-refractivity contribution in [1.29, 1.82) is 0 Å². The molecule has 0 unspecified atom stereocenters. The van der Waals surface area contributed by atoms with E-state index in [0.29, 0.717) is 11.4 Å². The van der Waals surface area contributed by atoms with E-state index in [1.807, 2.05) is 0 Å². The average molecular weight is 231 g/mol. The zero-order valence-corrected chi connectivity index (χ0v) is 9.18. The van der Waals surface area contributed by atoms with Crippen LogP contribution < -0.4 is 11.1 Å². The Hall–Kier alpha value is -2.14. The Balaban J connectivity index is 2.43. The Bertz CT molecular complexity index is 554. The highest BCUT2D eigenvalue weighted by Crippen LogP contribution is 2.19. The van der Waals surface area contributed by atoms with Gasteiger partial charge in [0.15, 0.2) is 0 Å². The van der Waals surface area contributed by atoms with Crippen LogP contribution in [0.1, 0.15) is 10.5 Å². The minimum Gasteiger partial charge on any atom is -0.399 e. The number of amides is 1. The van der Waals surface area contributed by atoms with Crippen LogP contribution in [0.25, 0.3) is 10.8 Å². The molecule has 17 heavy (non-hydrogen) atoms. The minimum absolute atomic E-state index is 0.0938. The molecule has 0 aliphatic heterocycles. The molecule has 0 atom stereocenters. The van der Waals surface area contributed by atoms with Crippen LogP contribution in [0.15, 0.2) is 30.5 Å². The fraction of sp³-hybridized carbons (Fsp3) is 0.167. The van der Waals surface area contributed by atoms with Crippen molar-refractivity contribution in [1.82, 2.24) is 10.3 Å². The molecule has 0 aliphatic rings. The number of hydrogen-bond acceptors (Lipinski definition) is 4. The third-order valence-electron chi connectivity index (χ3n) is 2.40. The summed E-state index contributed by atoms with van der Waals surface area (Å²) in [6.07, 6.45) is 1.57. The van der Waals surface area contributed by atoms with E-state index in [4.69, 9.17) is 10.8 Å². The lowest BCUT2D eigenvalue weighted by Gasteiger charge is -2.06. The Morgan fingerprint density at radius 3 is 3.00 bits per heavy atom. The largest absolute Gasteiger partial charge is 0.399 e. The Kier molecular flexibility index (Phi) is 3.20. The number of rotatable bonds is 3. The molecule has 2 aromatic rings. The van der Waals surface area contributed by atoms with E-state index >= 15 is 0 Å². The lowest BCUT2D eigenvalue weighted by atomic mass is 10.1. The summed E-state index contributed by atoms with van der Waals surface area (Å²) in [5.41, 5.74) is 6.66. The standard InChI is InChI=1S/C12H13N3O2/c13-9-1-2-10-8(7-9)3-4-14-11(10)12(17)15-5-6-16/h1-4,7,16H,5-6,13H2,(H,15,17). The van der Waals surface area contributed by atoms with E-state index in [-0.39, 0.29) is 19.1 Å². The van der Waals surface area contributed by atoms with Crippen LogP contribution in [0.3, 0.4) is 0 Å². The van der Waals surface area contributed by atoms with Gasteiger partial charge < -0.3 is 16.2 Å². The molecular formula is C12H13N3O2. The molecule has 1 heterocycles. The summed E-state index contributed by atoms with van der Waals surface area (Å²) in [7, 11) is 0. The molecule has 0 radical (unpaired) electrons. The second-order valence-corrected chi connectivity index (χ2v) is 3.62. The summed E-state index contributed by atoms with van der Waals surface area (Å²) < 4.78 is 0. The molecule has 5 nitrogen and oxygen atoms in total. The van der Waals surface area contributed by atoms with Crippen LogP contribution in [-0.2, 0) is 0 Å². The van der Waals surface area contributed by atoms with Crippen molar-refractivity contribution >= 4 is 22.4 Å². The van der Waals surface area contributed by atoms with Gasteiger partial charge >= 0.3 is 0 Å². The smallest absolute Gasteiger partial charge is 0.270 e. The van der Waals surface area contributed by atoms with Gasteiger partial charge in [-0.1, -0.05) is 0 Å². The number of aliphatic hydroxyl groups excluding tert-OH is 1. The summed E-state index contributed by atoms with van der Waals surface area (Å²) in [5.74, 6) is -0.297. The van der Waals surface area contributed by atoms with Crippen molar-refractivity contribution in [3.63, 3.8) is 0 Å². The summed E-state index contributed by atoms with van der Waals surface area (Å²) in [5, 5.41) is 12.8. The number of aliphatic hydroxyl groups is 1. The maximum atomic E-state index is 11.8. The van der Waals surface area contributed by atoms with Gasteiger partial charge in [0, 0.05) is 23.8 Å². The summed E-state index contributed by atoms with van der Waals surface area (Å²) in [6.45, 7) is 0.120.